The van der Waals surface area contributed by atoms with Crippen molar-refractivity contribution in [3.8, 4) is 23.0 Å². The van der Waals surface area contributed by atoms with Gasteiger partial charge in [-0.25, -0.2) is 4.79 Å². The average Bonchev–Trinajstić information content (AvgIpc) is 3.16. The number of benzene rings is 2. The molecule has 8 heteroatoms. The lowest BCUT2D eigenvalue weighted by molar-refractivity contribution is 0.0533. The summed E-state index contributed by atoms with van der Waals surface area (Å²) in [7, 11) is 6.32. The van der Waals surface area contributed by atoms with E-state index in [1.807, 2.05) is 13.8 Å². The van der Waals surface area contributed by atoms with Gasteiger partial charge in [-0.05, 0) is 44.4 Å². The van der Waals surface area contributed by atoms with Gasteiger partial charge in [-0.3, -0.25) is 0 Å². The molecule has 0 spiro atoms. The minimum absolute atomic E-state index is 0.283. The number of methoxy groups -OCH3 is 4. The number of hydrogen-bond acceptors (Lipinski definition) is 8. The summed E-state index contributed by atoms with van der Waals surface area (Å²) in [5.74, 6) is 1.88. The van der Waals surface area contributed by atoms with E-state index in [2.05, 4.69) is 12.2 Å². The highest BCUT2D eigenvalue weighted by Gasteiger charge is 2.26. The minimum Gasteiger partial charge on any atom is -0.495 e. The van der Waals surface area contributed by atoms with Crippen LogP contribution in [0.15, 0.2) is 12.1 Å². The smallest absolute Gasteiger partial charge is 0.350 e. The molecule has 1 N–H and O–H groups in total. The molecule has 32 heavy (non-hydrogen) atoms. The predicted molar refractivity (Wildman–Crippen MR) is 128 cm³/mol. The summed E-state index contributed by atoms with van der Waals surface area (Å²) in [6.45, 7) is 8.20. The van der Waals surface area contributed by atoms with Crippen LogP contribution in [0.25, 0.3) is 10.1 Å². The van der Waals surface area contributed by atoms with E-state index in [-0.39, 0.29) is 12.6 Å². The first kappa shape index (κ1) is 23.5. The number of rotatable bonds is 8. The molecule has 1 aromatic heterocycles. The zero-order valence-corrected chi connectivity index (χ0v) is 20.5. The summed E-state index contributed by atoms with van der Waals surface area (Å²) in [5.41, 5.74) is 4.57. The van der Waals surface area contributed by atoms with Crippen molar-refractivity contribution in [2.24, 2.45) is 0 Å². The predicted octanol–water partition coefficient (Wildman–Crippen LogP) is 5.78. The molecule has 2 aromatic carbocycles. The number of carbonyl (C=O) groups excluding carboxylic acids is 1. The number of ether oxygens (including phenoxy) is 5. The van der Waals surface area contributed by atoms with Crippen LogP contribution < -0.4 is 24.3 Å². The molecular formula is C24H29NO6S. The van der Waals surface area contributed by atoms with Crippen molar-refractivity contribution < 1.29 is 28.5 Å². The fourth-order valence-corrected chi connectivity index (χ4v) is 5.05. The highest BCUT2D eigenvalue weighted by Crippen LogP contribution is 2.48. The lowest BCUT2D eigenvalue weighted by Gasteiger charge is -2.17. The molecule has 0 bridgehead atoms. The largest absolute Gasteiger partial charge is 0.495 e. The van der Waals surface area contributed by atoms with Gasteiger partial charge in [-0.15, -0.1) is 11.3 Å². The van der Waals surface area contributed by atoms with Gasteiger partial charge in [0, 0.05) is 23.2 Å². The molecule has 7 nitrogen and oxygen atoms in total. The van der Waals surface area contributed by atoms with Crippen molar-refractivity contribution >= 4 is 38.8 Å². The van der Waals surface area contributed by atoms with Crippen LogP contribution in [0, 0.1) is 20.8 Å². The second-order valence-electron chi connectivity index (χ2n) is 7.18. The Labute approximate surface area is 192 Å². The Kier molecular flexibility index (Phi) is 7.03. The van der Waals surface area contributed by atoms with Crippen molar-refractivity contribution in [3.63, 3.8) is 0 Å². The molecule has 3 aromatic rings. The molecule has 0 amide bonds. The van der Waals surface area contributed by atoms with E-state index in [1.54, 1.807) is 47.5 Å². The number of hydrogen-bond donors (Lipinski definition) is 1. The summed E-state index contributed by atoms with van der Waals surface area (Å²) in [6, 6.07) is 3.60. The number of fused-ring (bicyclic) bond motifs is 1. The van der Waals surface area contributed by atoms with Crippen molar-refractivity contribution in [1.82, 2.24) is 0 Å². The zero-order chi connectivity index (χ0) is 23.6. The quantitative estimate of drug-likeness (QED) is 0.428. The van der Waals surface area contributed by atoms with Gasteiger partial charge in [-0.1, -0.05) is 0 Å². The Bertz CT molecular complexity index is 1140. The molecule has 0 fully saturated rings. The number of anilines is 2. The highest BCUT2D eigenvalue weighted by atomic mass is 32.1. The Morgan fingerprint density at radius 3 is 1.97 bits per heavy atom. The first-order valence-corrected chi connectivity index (χ1v) is 11.0. The third-order valence-electron chi connectivity index (χ3n) is 5.55. The third-order valence-corrected chi connectivity index (χ3v) is 6.72. The van der Waals surface area contributed by atoms with Crippen LogP contribution in [0.1, 0.15) is 33.3 Å². The molecule has 1 heterocycles. The molecule has 0 radical (unpaired) electrons. The van der Waals surface area contributed by atoms with Crippen LogP contribution in [0.5, 0.6) is 23.0 Å². The van der Waals surface area contributed by atoms with E-state index >= 15 is 0 Å². The summed E-state index contributed by atoms with van der Waals surface area (Å²) in [6.07, 6.45) is 0. The van der Waals surface area contributed by atoms with Crippen molar-refractivity contribution in [1.29, 1.82) is 0 Å². The van der Waals surface area contributed by atoms with Gasteiger partial charge in [0.15, 0.2) is 11.5 Å². The molecule has 0 aliphatic heterocycles. The maximum absolute atomic E-state index is 12.9. The Hall–Kier alpha value is -3.13. The molecule has 172 valence electrons. The van der Waals surface area contributed by atoms with Crippen molar-refractivity contribution in [2.75, 3.05) is 40.4 Å². The van der Waals surface area contributed by atoms with E-state index in [0.29, 0.717) is 33.5 Å². The molecule has 0 aliphatic rings. The fourth-order valence-electron chi connectivity index (χ4n) is 3.76. The van der Waals surface area contributed by atoms with Gasteiger partial charge < -0.3 is 29.0 Å². The number of thiophene rings is 1. The summed E-state index contributed by atoms with van der Waals surface area (Å²) in [4.78, 5) is 13.4. The van der Waals surface area contributed by atoms with Gasteiger partial charge >= 0.3 is 5.97 Å². The second-order valence-corrected chi connectivity index (χ2v) is 8.20. The van der Waals surface area contributed by atoms with E-state index in [4.69, 9.17) is 23.7 Å². The van der Waals surface area contributed by atoms with Crippen LogP contribution in [0.3, 0.4) is 0 Å². The van der Waals surface area contributed by atoms with E-state index in [9.17, 15) is 4.79 Å². The zero-order valence-electron chi connectivity index (χ0n) is 19.7. The van der Waals surface area contributed by atoms with Gasteiger partial charge in [-0.2, -0.15) is 0 Å². The molecular weight excluding hydrogens is 430 g/mol. The Morgan fingerprint density at radius 2 is 1.47 bits per heavy atom. The van der Waals surface area contributed by atoms with E-state index in [0.717, 1.165) is 32.5 Å². The van der Waals surface area contributed by atoms with Crippen molar-refractivity contribution in [2.45, 2.75) is 27.7 Å². The molecule has 0 aliphatic carbocycles. The molecule has 0 unspecified atom stereocenters. The standard InChI is InChI=1S/C24H29NO6S/c1-9-31-24(26)23-19(18-13(3)12(2)14(4)20(29-7)22(18)32-23)25-15-10-16(27-5)21(30-8)17(11-15)28-6/h10-11,25H,9H2,1-8H3. The Balaban J connectivity index is 2.31. The first-order chi connectivity index (χ1) is 15.3. The summed E-state index contributed by atoms with van der Waals surface area (Å²) < 4.78 is 28.4. The monoisotopic (exact) mass is 459 g/mol. The first-order valence-electron chi connectivity index (χ1n) is 10.2. The van der Waals surface area contributed by atoms with E-state index < -0.39 is 0 Å². The maximum atomic E-state index is 12.9. The molecule has 3 rings (SSSR count). The molecule has 0 saturated heterocycles. The van der Waals surface area contributed by atoms with Gasteiger partial charge in [0.05, 0.1) is 45.4 Å². The normalized spacial score (nSPS) is 10.8. The van der Waals surface area contributed by atoms with Gasteiger partial charge in [0.1, 0.15) is 10.6 Å². The topological polar surface area (TPSA) is 75.3 Å². The molecule has 0 atom stereocenters. The molecule has 0 saturated carbocycles. The van der Waals surface area contributed by atoms with Gasteiger partial charge in [0.2, 0.25) is 5.75 Å². The number of aryl methyl sites for hydroxylation is 1. The maximum Gasteiger partial charge on any atom is 0.350 e. The van der Waals surface area contributed by atoms with Crippen molar-refractivity contribution in [3.05, 3.63) is 33.7 Å². The number of nitrogens with one attached hydrogen (secondary N) is 1. The van der Waals surface area contributed by atoms with Crippen LogP contribution in [-0.4, -0.2) is 41.0 Å². The lowest BCUT2D eigenvalue weighted by Crippen LogP contribution is -2.06. The third kappa shape index (κ3) is 3.90. The van der Waals surface area contributed by atoms with Crippen LogP contribution in [-0.2, 0) is 4.74 Å². The van der Waals surface area contributed by atoms with E-state index in [1.165, 1.54) is 11.3 Å². The van der Waals surface area contributed by atoms with Gasteiger partial charge in [0.25, 0.3) is 0 Å². The SMILES string of the molecule is CCOC(=O)c1sc2c(OC)c(C)c(C)c(C)c2c1Nc1cc(OC)c(OC)c(OC)c1. The van der Waals surface area contributed by atoms with Crippen LogP contribution in [0.2, 0.25) is 0 Å². The van der Waals surface area contributed by atoms with Crippen LogP contribution in [0.4, 0.5) is 11.4 Å². The summed E-state index contributed by atoms with van der Waals surface area (Å²) in [5, 5.41) is 4.34. The van der Waals surface area contributed by atoms with Crippen LogP contribution >= 0.6 is 11.3 Å². The second kappa shape index (κ2) is 9.56. The lowest BCUT2D eigenvalue weighted by atomic mass is 9.98. The minimum atomic E-state index is -0.389. The average molecular weight is 460 g/mol. The fraction of sp³-hybridized carbons (Fsp3) is 0.375. The number of esters is 1. The summed E-state index contributed by atoms with van der Waals surface area (Å²) >= 11 is 1.36. The number of carbonyl (C=O) groups is 1. The Morgan fingerprint density at radius 1 is 0.875 bits per heavy atom. The highest BCUT2D eigenvalue weighted by molar-refractivity contribution is 7.22.